The maximum Gasteiger partial charge on any atom is 0.347 e. The van der Waals surface area contributed by atoms with Crippen molar-refractivity contribution in [2.24, 2.45) is 11.8 Å². The van der Waals surface area contributed by atoms with Gasteiger partial charge in [0, 0.05) is 0 Å². The van der Waals surface area contributed by atoms with Gasteiger partial charge in [0.05, 0.1) is 24.6 Å². The molecule has 0 spiro atoms. The Balaban J connectivity index is 1.51. The Morgan fingerprint density at radius 1 is 0.929 bits per heavy atom. The van der Waals surface area contributed by atoms with Gasteiger partial charge >= 0.3 is 5.97 Å². The van der Waals surface area contributed by atoms with Crippen molar-refractivity contribution >= 4 is 23.5 Å². The van der Waals surface area contributed by atoms with E-state index < -0.39 is 5.97 Å². The number of hydrogen-bond donors (Lipinski definition) is 0. The van der Waals surface area contributed by atoms with Gasteiger partial charge in [-0.05, 0) is 49.2 Å². The van der Waals surface area contributed by atoms with E-state index in [1.807, 2.05) is 0 Å². The Bertz CT molecular complexity index is 897. The number of fused-ring (bicyclic) bond motifs is 1. The van der Waals surface area contributed by atoms with Crippen LogP contribution in [0, 0.1) is 11.8 Å². The first-order valence-corrected chi connectivity index (χ1v) is 9.43. The quantitative estimate of drug-likeness (QED) is 0.461. The molecule has 0 aromatic heterocycles. The maximum absolute atomic E-state index is 12.7. The summed E-state index contributed by atoms with van der Waals surface area (Å²) in [4.78, 5) is 39.0. The normalized spacial score (nSPS) is 21.4. The number of methoxy groups -OCH3 is 1. The summed E-state index contributed by atoms with van der Waals surface area (Å²) in [5.74, 6) is -0.392. The maximum atomic E-state index is 12.7. The lowest BCUT2D eigenvalue weighted by atomic mass is 9.81. The van der Waals surface area contributed by atoms with E-state index in [1.54, 1.807) is 48.5 Å². The highest BCUT2D eigenvalue weighted by Gasteiger charge is 2.48. The van der Waals surface area contributed by atoms with Gasteiger partial charge in [0.15, 0.2) is 0 Å². The Morgan fingerprint density at radius 3 is 2.14 bits per heavy atom. The smallest absolute Gasteiger partial charge is 0.347 e. The van der Waals surface area contributed by atoms with Crippen LogP contribution < -0.4 is 14.4 Å². The molecule has 0 radical (unpaired) electrons. The molecule has 0 unspecified atom stereocenters. The molecule has 2 atom stereocenters. The molecular weight excluding hydrogens is 358 g/mol. The number of benzene rings is 2. The van der Waals surface area contributed by atoms with Gasteiger partial charge in [-0.25, -0.2) is 4.79 Å². The first-order valence-electron chi connectivity index (χ1n) is 9.43. The third kappa shape index (κ3) is 3.15. The summed E-state index contributed by atoms with van der Waals surface area (Å²) in [5, 5.41) is 0. The summed E-state index contributed by atoms with van der Waals surface area (Å²) in [7, 11) is 1.49. The molecular formula is C22H21NO5. The van der Waals surface area contributed by atoms with Gasteiger partial charge in [0.2, 0.25) is 11.8 Å². The fourth-order valence-corrected chi connectivity index (χ4v) is 4.06. The molecule has 1 saturated carbocycles. The highest BCUT2D eigenvalue weighted by molar-refractivity contribution is 6.22. The molecule has 1 heterocycles. The van der Waals surface area contributed by atoms with Crippen LogP contribution in [0.1, 0.15) is 36.0 Å². The van der Waals surface area contributed by atoms with E-state index in [9.17, 15) is 14.4 Å². The molecule has 4 rings (SSSR count). The van der Waals surface area contributed by atoms with Crippen LogP contribution in [0.2, 0.25) is 0 Å². The molecule has 2 fully saturated rings. The predicted octanol–water partition coefficient (Wildman–Crippen LogP) is 3.59. The average Bonchev–Trinajstić information content (AvgIpc) is 2.99. The van der Waals surface area contributed by atoms with Crippen LogP contribution in [0.15, 0.2) is 48.5 Å². The fraction of sp³-hybridized carbons (Fsp3) is 0.318. The van der Waals surface area contributed by atoms with Crippen molar-refractivity contribution in [1.82, 2.24) is 0 Å². The molecule has 0 bridgehead atoms. The molecule has 6 heteroatoms. The van der Waals surface area contributed by atoms with Gasteiger partial charge in [-0.2, -0.15) is 0 Å². The number of esters is 1. The largest absolute Gasteiger partial charge is 0.496 e. The molecule has 1 saturated heterocycles. The topological polar surface area (TPSA) is 72.9 Å². The van der Waals surface area contributed by atoms with Crippen molar-refractivity contribution in [2.45, 2.75) is 25.7 Å². The Labute approximate surface area is 163 Å². The molecule has 2 aliphatic rings. The number of ether oxygens (including phenoxy) is 2. The molecule has 2 aromatic carbocycles. The van der Waals surface area contributed by atoms with Gasteiger partial charge in [0.1, 0.15) is 17.1 Å². The second-order valence-electron chi connectivity index (χ2n) is 7.09. The third-order valence-corrected chi connectivity index (χ3v) is 5.47. The van der Waals surface area contributed by atoms with E-state index in [0.29, 0.717) is 22.7 Å². The van der Waals surface area contributed by atoms with E-state index in [-0.39, 0.29) is 23.7 Å². The lowest BCUT2D eigenvalue weighted by Crippen LogP contribution is -2.30. The summed E-state index contributed by atoms with van der Waals surface area (Å²) in [6.45, 7) is 0. The van der Waals surface area contributed by atoms with Crippen LogP contribution in [-0.4, -0.2) is 24.9 Å². The second kappa shape index (κ2) is 7.46. The number of rotatable bonds is 4. The number of para-hydroxylation sites is 1. The van der Waals surface area contributed by atoms with Gasteiger partial charge in [-0.3, -0.25) is 14.5 Å². The number of imide groups is 1. The van der Waals surface area contributed by atoms with Gasteiger partial charge in [0.25, 0.3) is 0 Å². The Hall–Kier alpha value is -3.15. The molecule has 28 heavy (non-hydrogen) atoms. The summed E-state index contributed by atoms with van der Waals surface area (Å²) in [6.07, 6.45) is 3.54. The van der Waals surface area contributed by atoms with Gasteiger partial charge in [-0.1, -0.05) is 25.0 Å². The van der Waals surface area contributed by atoms with Gasteiger partial charge < -0.3 is 9.47 Å². The minimum atomic E-state index is -0.537. The van der Waals surface area contributed by atoms with E-state index in [2.05, 4.69) is 0 Å². The predicted molar refractivity (Wildman–Crippen MR) is 102 cm³/mol. The van der Waals surface area contributed by atoms with Crippen LogP contribution in [0.4, 0.5) is 5.69 Å². The van der Waals surface area contributed by atoms with E-state index >= 15 is 0 Å². The molecule has 2 amide bonds. The molecule has 1 aliphatic heterocycles. The van der Waals surface area contributed by atoms with Gasteiger partial charge in [-0.15, -0.1) is 0 Å². The number of anilines is 1. The lowest BCUT2D eigenvalue weighted by molar-refractivity contribution is -0.122. The fourth-order valence-electron chi connectivity index (χ4n) is 4.06. The highest BCUT2D eigenvalue weighted by atomic mass is 16.5. The van der Waals surface area contributed by atoms with Crippen molar-refractivity contribution in [3.8, 4) is 11.5 Å². The van der Waals surface area contributed by atoms with Crippen LogP contribution >= 0.6 is 0 Å². The zero-order chi connectivity index (χ0) is 19.7. The van der Waals surface area contributed by atoms with Crippen molar-refractivity contribution in [2.75, 3.05) is 12.0 Å². The van der Waals surface area contributed by atoms with E-state index in [0.717, 1.165) is 25.7 Å². The number of hydrogen-bond acceptors (Lipinski definition) is 5. The first-order chi connectivity index (χ1) is 13.6. The minimum Gasteiger partial charge on any atom is -0.496 e. The summed E-state index contributed by atoms with van der Waals surface area (Å²) < 4.78 is 10.6. The SMILES string of the molecule is COc1ccccc1C(=O)Oc1ccc(N2C(=O)[C@H]3CCCC[C@H]3C2=O)cc1. The third-order valence-electron chi connectivity index (χ3n) is 5.47. The van der Waals surface area contributed by atoms with Crippen molar-refractivity contribution in [3.63, 3.8) is 0 Å². The minimum absolute atomic E-state index is 0.117. The number of carbonyl (C=O) groups excluding carboxylic acids is 3. The zero-order valence-corrected chi connectivity index (χ0v) is 15.6. The standard InChI is InChI=1S/C22H21NO5/c1-27-19-9-5-4-8-18(19)22(26)28-15-12-10-14(11-13-15)23-20(24)16-6-2-3-7-17(16)21(23)25/h4-5,8-13,16-17H,2-3,6-7H2,1H3/t16-,17+. The Morgan fingerprint density at radius 2 is 1.54 bits per heavy atom. The van der Waals surface area contributed by atoms with Crippen LogP contribution in [0.25, 0.3) is 0 Å². The lowest BCUT2D eigenvalue weighted by Gasteiger charge is -2.19. The summed E-state index contributed by atoms with van der Waals surface area (Å²) >= 11 is 0. The van der Waals surface area contributed by atoms with E-state index in [1.165, 1.54) is 12.0 Å². The monoisotopic (exact) mass is 379 g/mol. The van der Waals surface area contributed by atoms with Crippen LogP contribution in [-0.2, 0) is 9.59 Å². The van der Waals surface area contributed by atoms with E-state index in [4.69, 9.17) is 9.47 Å². The Kier molecular flexibility index (Phi) is 4.86. The number of amides is 2. The average molecular weight is 379 g/mol. The summed E-state index contributed by atoms with van der Waals surface area (Å²) in [5.41, 5.74) is 0.838. The van der Waals surface area contributed by atoms with Crippen molar-refractivity contribution < 1.29 is 23.9 Å². The number of nitrogens with zero attached hydrogens (tertiary/aromatic N) is 1. The molecule has 144 valence electrons. The van der Waals surface area contributed by atoms with Crippen molar-refractivity contribution in [1.29, 1.82) is 0 Å². The molecule has 6 nitrogen and oxygen atoms in total. The molecule has 1 aliphatic carbocycles. The summed E-state index contributed by atoms with van der Waals surface area (Å²) in [6, 6.07) is 13.3. The van der Waals surface area contributed by atoms with Crippen molar-refractivity contribution in [3.05, 3.63) is 54.1 Å². The van der Waals surface area contributed by atoms with Crippen LogP contribution in [0.3, 0.4) is 0 Å². The molecule has 0 N–H and O–H groups in total. The highest BCUT2D eigenvalue weighted by Crippen LogP contribution is 2.40. The van der Waals surface area contributed by atoms with Crippen LogP contribution in [0.5, 0.6) is 11.5 Å². The number of carbonyl (C=O) groups is 3. The molecule has 2 aromatic rings. The second-order valence-corrected chi connectivity index (χ2v) is 7.09. The first kappa shape index (κ1) is 18.2. The zero-order valence-electron chi connectivity index (χ0n) is 15.6.